The van der Waals surface area contributed by atoms with Crippen LogP contribution in [0.1, 0.15) is 97.1 Å². The number of ether oxygens (including phenoxy) is 7. The standard InChI is InChI=1S/C46H59NO14/c1-24-21-31-45(23-56-31,60-27(4)49)34-32(24)37(55-10)38(57-26(3)48)33-25(2)30(22-46(54,44(33,8)9)39(34)59-40(51)29-19-15-12-16-20-29)58-41(52)36(50)35(28-17-13-11-14-18-28)47-42(53)61-43(5,6)7/h11-20,24,30-32,34-39,50,54H,21-23H2,1-10H3,(H,47,53)/t24-,30-,31+,32?,34+,35-,36+,37?,38+,39-,45-,46+/m0/s1. The zero-order chi connectivity index (χ0) is 44.8. The first kappa shape index (κ1) is 45.7. The number of rotatable bonds is 10. The first-order chi connectivity index (χ1) is 28.6. The van der Waals surface area contributed by atoms with Crippen LogP contribution in [0.2, 0.25) is 0 Å². The molecule has 15 heteroatoms. The number of fused-ring (bicyclic) bond motifs is 5. The average Bonchev–Trinajstić information content (AvgIpc) is 3.17. The fraction of sp³-hybridized carbons (Fsp3) is 0.587. The Balaban J connectivity index is 1.53. The van der Waals surface area contributed by atoms with Gasteiger partial charge in [0.2, 0.25) is 0 Å². The molecule has 15 nitrogen and oxygen atoms in total. The SMILES string of the molecule is COC1C2[C@H]([C@H](OC(=O)c3ccccc3)[C@]3(O)C[C@H](OC(=O)[C@H](O)[C@@H](NC(=O)OC(C)(C)C)c4ccccc4)C(C)=C([C@H]1OC(C)=O)C3(C)C)[C@]1(OC(C)=O)CO[C@@H]1C[C@@H]2C. The molecule has 2 aromatic carbocycles. The van der Waals surface area contributed by atoms with Crippen LogP contribution in [0, 0.1) is 23.2 Å². The second kappa shape index (κ2) is 17.1. The Morgan fingerprint density at radius 1 is 0.918 bits per heavy atom. The maximum absolute atomic E-state index is 14.3. The van der Waals surface area contributed by atoms with Crippen LogP contribution in [-0.4, -0.2) is 107 Å². The number of esters is 4. The van der Waals surface area contributed by atoms with Crippen LogP contribution in [0.3, 0.4) is 0 Å². The number of carbonyl (C=O) groups excluding carboxylic acids is 5. The summed E-state index contributed by atoms with van der Waals surface area (Å²) in [4.78, 5) is 67.9. The zero-order valence-corrected chi connectivity index (χ0v) is 36.5. The van der Waals surface area contributed by atoms with Gasteiger partial charge in [-0.15, -0.1) is 0 Å². The highest BCUT2D eigenvalue weighted by Gasteiger charge is 2.74. The highest BCUT2D eigenvalue weighted by atomic mass is 16.6. The Morgan fingerprint density at radius 3 is 2.08 bits per heavy atom. The van der Waals surface area contributed by atoms with E-state index >= 15 is 0 Å². The normalized spacial score (nSPS) is 32.5. The number of hydrogen-bond donors (Lipinski definition) is 3. The summed E-state index contributed by atoms with van der Waals surface area (Å²) in [6.07, 6.45) is -8.54. The maximum Gasteiger partial charge on any atom is 0.408 e. The summed E-state index contributed by atoms with van der Waals surface area (Å²) < 4.78 is 43.0. The highest BCUT2D eigenvalue weighted by Crippen LogP contribution is 2.63. The van der Waals surface area contributed by atoms with Gasteiger partial charge in [0, 0.05) is 44.6 Å². The molecule has 61 heavy (non-hydrogen) atoms. The van der Waals surface area contributed by atoms with Gasteiger partial charge in [0.05, 0.1) is 18.2 Å². The summed E-state index contributed by atoms with van der Waals surface area (Å²) in [6.45, 7) is 14.5. The monoisotopic (exact) mass is 849 g/mol. The topological polar surface area (TPSA) is 202 Å². The van der Waals surface area contributed by atoms with E-state index in [0.29, 0.717) is 23.1 Å². The lowest BCUT2D eigenvalue weighted by molar-refractivity contribution is -0.340. The minimum absolute atomic E-state index is 0.0897. The lowest BCUT2D eigenvalue weighted by Gasteiger charge is -2.66. The van der Waals surface area contributed by atoms with E-state index in [0.717, 1.165) is 0 Å². The number of hydrogen-bond acceptors (Lipinski definition) is 14. The Kier molecular flexibility index (Phi) is 12.8. The molecule has 4 aliphatic rings. The van der Waals surface area contributed by atoms with Crippen molar-refractivity contribution in [3.63, 3.8) is 0 Å². The van der Waals surface area contributed by atoms with Crippen LogP contribution in [0.15, 0.2) is 71.8 Å². The first-order valence-corrected chi connectivity index (χ1v) is 20.7. The molecule has 3 fully saturated rings. The summed E-state index contributed by atoms with van der Waals surface area (Å²) in [6, 6.07) is 15.2. The Morgan fingerprint density at radius 2 is 1.54 bits per heavy atom. The molecule has 1 heterocycles. The van der Waals surface area contributed by atoms with Gasteiger partial charge in [-0.2, -0.15) is 0 Å². The average molecular weight is 850 g/mol. The van der Waals surface area contributed by atoms with Crippen molar-refractivity contribution in [3.05, 3.63) is 82.9 Å². The molecule has 1 saturated heterocycles. The molecule has 1 aliphatic heterocycles. The summed E-state index contributed by atoms with van der Waals surface area (Å²) in [7, 11) is 1.46. The summed E-state index contributed by atoms with van der Waals surface area (Å²) >= 11 is 0. The second-order valence-electron chi connectivity index (χ2n) is 18.3. The Labute approximate surface area is 356 Å². The van der Waals surface area contributed by atoms with Crippen LogP contribution in [0.5, 0.6) is 0 Å². The third-order valence-electron chi connectivity index (χ3n) is 13.0. The number of nitrogens with one attached hydrogen (secondary N) is 1. The predicted molar refractivity (Wildman–Crippen MR) is 217 cm³/mol. The van der Waals surface area contributed by atoms with Crippen molar-refractivity contribution in [2.24, 2.45) is 23.2 Å². The second-order valence-corrected chi connectivity index (χ2v) is 18.3. The Hall–Kier alpha value is -4.83. The first-order valence-electron chi connectivity index (χ1n) is 20.7. The van der Waals surface area contributed by atoms with E-state index < -0.39 is 107 Å². The van der Waals surface area contributed by atoms with Gasteiger partial charge in [0.1, 0.15) is 35.6 Å². The third kappa shape index (κ3) is 8.54. The number of alkyl carbamates (subject to hydrolysis) is 1. The van der Waals surface area contributed by atoms with Gasteiger partial charge in [-0.3, -0.25) is 9.59 Å². The van der Waals surface area contributed by atoms with E-state index in [1.54, 1.807) is 102 Å². The van der Waals surface area contributed by atoms with E-state index in [1.807, 2.05) is 6.92 Å². The van der Waals surface area contributed by atoms with Crippen molar-refractivity contribution in [1.29, 1.82) is 0 Å². The smallest absolute Gasteiger partial charge is 0.408 e. The van der Waals surface area contributed by atoms with Gasteiger partial charge in [0.25, 0.3) is 0 Å². The molecule has 0 aromatic heterocycles. The molecule has 332 valence electrons. The van der Waals surface area contributed by atoms with E-state index in [9.17, 15) is 34.2 Å². The summed E-state index contributed by atoms with van der Waals surface area (Å²) in [5.74, 6) is -5.22. The van der Waals surface area contributed by atoms with E-state index in [-0.39, 0.29) is 24.5 Å². The van der Waals surface area contributed by atoms with Gasteiger partial charge in [-0.05, 0) is 68.9 Å². The number of aliphatic hydroxyl groups excluding tert-OH is 1. The molecular formula is C46H59NO14. The molecule has 6 rings (SSSR count). The minimum Gasteiger partial charge on any atom is -0.456 e. The van der Waals surface area contributed by atoms with Crippen LogP contribution in [-0.2, 0) is 47.5 Å². The van der Waals surface area contributed by atoms with Crippen molar-refractivity contribution in [2.45, 2.75) is 135 Å². The fourth-order valence-corrected chi connectivity index (χ4v) is 10.3. The van der Waals surface area contributed by atoms with Gasteiger partial charge >= 0.3 is 30.0 Å². The van der Waals surface area contributed by atoms with Gasteiger partial charge in [-0.1, -0.05) is 69.3 Å². The van der Waals surface area contributed by atoms with E-state index in [2.05, 4.69) is 5.32 Å². The van der Waals surface area contributed by atoms with Crippen LogP contribution in [0.25, 0.3) is 0 Å². The summed E-state index contributed by atoms with van der Waals surface area (Å²) in [5.41, 5.74) is -4.62. The Bertz CT molecular complexity index is 2010. The number of benzene rings is 2. The molecule has 2 saturated carbocycles. The number of carbonyl (C=O) groups is 5. The van der Waals surface area contributed by atoms with Crippen molar-refractivity contribution in [2.75, 3.05) is 13.7 Å². The number of amides is 1. The third-order valence-corrected chi connectivity index (χ3v) is 13.0. The predicted octanol–water partition coefficient (Wildman–Crippen LogP) is 5.16. The van der Waals surface area contributed by atoms with Crippen molar-refractivity contribution in [3.8, 4) is 0 Å². The largest absolute Gasteiger partial charge is 0.456 e. The minimum atomic E-state index is -2.17. The molecule has 1 amide bonds. The zero-order valence-electron chi connectivity index (χ0n) is 36.5. The van der Waals surface area contributed by atoms with Crippen molar-refractivity contribution >= 4 is 30.0 Å². The maximum atomic E-state index is 14.3. The lowest BCUT2D eigenvalue weighted by Crippen LogP contribution is -2.79. The highest BCUT2D eigenvalue weighted by molar-refractivity contribution is 5.89. The van der Waals surface area contributed by atoms with Gasteiger partial charge in [-0.25, -0.2) is 14.4 Å². The van der Waals surface area contributed by atoms with Crippen molar-refractivity contribution < 1.29 is 67.3 Å². The molecular weight excluding hydrogens is 790 g/mol. The van der Waals surface area contributed by atoms with Crippen LogP contribution >= 0.6 is 0 Å². The van der Waals surface area contributed by atoms with E-state index in [4.69, 9.17) is 33.2 Å². The molecule has 12 atom stereocenters. The molecule has 0 radical (unpaired) electrons. The van der Waals surface area contributed by atoms with Gasteiger partial charge in [0.15, 0.2) is 17.8 Å². The lowest BCUT2D eigenvalue weighted by atomic mass is 9.47. The molecule has 3 N–H and O–H groups in total. The van der Waals surface area contributed by atoms with E-state index in [1.165, 1.54) is 21.0 Å². The van der Waals surface area contributed by atoms with Crippen molar-refractivity contribution in [1.82, 2.24) is 5.32 Å². The number of aliphatic hydroxyl groups is 2. The molecule has 2 unspecified atom stereocenters. The quantitative estimate of drug-likeness (QED) is 0.161. The molecule has 2 aromatic rings. The molecule has 3 aliphatic carbocycles. The summed E-state index contributed by atoms with van der Waals surface area (Å²) in [5, 5.41) is 28.1. The van der Waals surface area contributed by atoms with Gasteiger partial charge < -0.3 is 48.7 Å². The van der Waals surface area contributed by atoms with Crippen LogP contribution < -0.4 is 5.32 Å². The van der Waals surface area contributed by atoms with Crippen LogP contribution in [0.4, 0.5) is 4.79 Å². The molecule has 2 bridgehead atoms. The molecule has 0 spiro atoms. The fourth-order valence-electron chi connectivity index (χ4n) is 10.3. The number of methoxy groups -OCH3 is 1.